The summed E-state index contributed by atoms with van der Waals surface area (Å²) in [6, 6.07) is 4.99. The van der Waals surface area contributed by atoms with Gasteiger partial charge in [-0.25, -0.2) is 14.9 Å². The molecule has 0 saturated carbocycles. The highest BCUT2D eigenvalue weighted by Gasteiger charge is 2.20. The van der Waals surface area contributed by atoms with Crippen LogP contribution >= 0.6 is 11.6 Å². The Morgan fingerprint density at radius 2 is 1.92 bits per heavy atom. The quantitative estimate of drug-likeness (QED) is 0.328. The Morgan fingerprint density at radius 3 is 2.65 bits per heavy atom. The molecule has 0 atom stereocenters. The van der Waals surface area contributed by atoms with Gasteiger partial charge in [0.15, 0.2) is 5.69 Å². The number of aromatic nitrogens is 3. The lowest BCUT2D eigenvalue weighted by molar-refractivity contribution is 0.0631. The molecule has 0 aliphatic rings. The maximum absolute atomic E-state index is 12.7. The van der Waals surface area contributed by atoms with Crippen molar-refractivity contribution in [3.8, 4) is 11.1 Å². The zero-order chi connectivity index (χ0) is 27.0. The van der Waals surface area contributed by atoms with E-state index in [4.69, 9.17) is 25.5 Å². The monoisotopic (exact) mass is 532 g/mol. The van der Waals surface area contributed by atoms with E-state index in [9.17, 15) is 14.4 Å². The second kappa shape index (κ2) is 12.3. The van der Waals surface area contributed by atoms with Gasteiger partial charge in [0.1, 0.15) is 11.9 Å². The summed E-state index contributed by atoms with van der Waals surface area (Å²) in [6.07, 6.45) is 4.04. The lowest BCUT2D eigenvalue weighted by atomic mass is 10.1. The van der Waals surface area contributed by atoms with Crippen LogP contribution in [0.25, 0.3) is 11.1 Å². The Kier molecular flexibility index (Phi) is 9.12. The van der Waals surface area contributed by atoms with Crippen LogP contribution in [0, 0.1) is 0 Å². The number of rotatable bonds is 9. The molecule has 3 amide bonds. The third-order valence-electron chi connectivity index (χ3n) is 4.61. The summed E-state index contributed by atoms with van der Waals surface area (Å²) in [6.45, 7) is 8.31. The fourth-order valence-corrected chi connectivity index (χ4v) is 3.20. The molecule has 0 aliphatic heterocycles. The molecule has 13 heteroatoms. The number of carbonyl (C=O) groups is 3. The highest BCUT2D eigenvalue weighted by atomic mass is 35.5. The molecule has 0 radical (unpaired) electrons. The molecular formula is C24H29ClN6O6. The smallest absolute Gasteiger partial charge is 0.415 e. The van der Waals surface area contributed by atoms with Gasteiger partial charge in [-0.2, -0.15) is 10.1 Å². The van der Waals surface area contributed by atoms with Gasteiger partial charge in [0.25, 0.3) is 5.91 Å². The summed E-state index contributed by atoms with van der Waals surface area (Å²) in [4.78, 5) is 39.8. The van der Waals surface area contributed by atoms with Crippen molar-refractivity contribution in [2.45, 2.75) is 46.3 Å². The van der Waals surface area contributed by atoms with Crippen LogP contribution in [0.5, 0.6) is 0 Å². The Balaban J connectivity index is 1.60. The van der Waals surface area contributed by atoms with E-state index in [-0.39, 0.29) is 18.3 Å². The van der Waals surface area contributed by atoms with E-state index in [2.05, 4.69) is 26.0 Å². The van der Waals surface area contributed by atoms with Gasteiger partial charge in [-0.05, 0) is 45.4 Å². The van der Waals surface area contributed by atoms with E-state index in [1.54, 1.807) is 49.8 Å². The average molecular weight is 533 g/mol. The number of hydrogen-bond donors (Lipinski definition) is 3. The van der Waals surface area contributed by atoms with E-state index in [1.165, 1.54) is 0 Å². The fraction of sp³-hybridized carbons (Fsp3) is 0.375. The number of alkyl carbamates (subject to hydrolysis) is 1. The maximum Gasteiger partial charge on any atom is 0.415 e. The van der Waals surface area contributed by atoms with Gasteiger partial charge in [0, 0.05) is 31.3 Å². The molecule has 2 aromatic heterocycles. The Bertz CT molecular complexity index is 1250. The SMILES string of the molecule is CCNC(=O)OCCCn1cc(-c2ccc(Cl)c(NC(=O)c3coc(NC(=O)OC(C)(C)C)n3)c2)cn1. The molecule has 12 nitrogen and oxygen atoms in total. The van der Waals surface area contributed by atoms with Crippen LogP contribution < -0.4 is 16.0 Å². The summed E-state index contributed by atoms with van der Waals surface area (Å²) in [5.74, 6) is -0.581. The zero-order valence-electron chi connectivity index (χ0n) is 21.0. The Morgan fingerprint density at radius 1 is 1.14 bits per heavy atom. The molecule has 37 heavy (non-hydrogen) atoms. The van der Waals surface area contributed by atoms with Crippen LogP contribution in [0.1, 0.15) is 44.6 Å². The molecule has 1 aromatic carbocycles. The molecule has 198 valence electrons. The van der Waals surface area contributed by atoms with Gasteiger partial charge in [0.2, 0.25) is 0 Å². The minimum absolute atomic E-state index is 0.0600. The van der Waals surface area contributed by atoms with Crippen molar-refractivity contribution in [1.29, 1.82) is 0 Å². The molecule has 0 bridgehead atoms. The molecule has 2 heterocycles. The van der Waals surface area contributed by atoms with Crippen LogP contribution in [0.4, 0.5) is 21.3 Å². The standard InChI is InChI=1S/C24H29ClN6O6/c1-5-26-22(33)35-10-6-9-31-13-16(12-27-31)15-7-8-17(25)18(11-15)28-20(32)19-14-36-21(29-19)30-23(34)37-24(2,3)4/h7-8,11-14H,5-6,9-10H2,1-4H3,(H,26,33)(H,28,32)(H,29,30,34). The topological polar surface area (TPSA) is 150 Å². The first-order chi connectivity index (χ1) is 17.5. The zero-order valence-corrected chi connectivity index (χ0v) is 21.7. The summed E-state index contributed by atoms with van der Waals surface area (Å²) in [7, 11) is 0. The number of halogens is 1. The van der Waals surface area contributed by atoms with E-state index < -0.39 is 23.7 Å². The van der Waals surface area contributed by atoms with Gasteiger partial charge < -0.3 is 24.5 Å². The normalized spacial score (nSPS) is 11.1. The number of nitrogens with one attached hydrogen (secondary N) is 3. The summed E-state index contributed by atoms with van der Waals surface area (Å²) < 4.78 is 17.1. The number of carbonyl (C=O) groups excluding carboxylic acids is 3. The van der Waals surface area contributed by atoms with Crippen molar-refractivity contribution >= 4 is 41.4 Å². The number of anilines is 2. The van der Waals surface area contributed by atoms with E-state index in [0.29, 0.717) is 30.2 Å². The maximum atomic E-state index is 12.7. The predicted octanol–water partition coefficient (Wildman–Crippen LogP) is 4.93. The van der Waals surface area contributed by atoms with Gasteiger partial charge in [-0.3, -0.25) is 9.48 Å². The van der Waals surface area contributed by atoms with Crippen LogP contribution in [0.15, 0.2) is 41.3 Å². The van der Waals surface area contributed by atoms with Crippen LogP contribution in [-0.2, 0) is 16.0 Å². The molecule has 0 aliphatic carbocycles. The number of amides is 3. The summed E-state index contributed by atoms with van der Waals surface area (Å²) >= 11 is 6.29. The van der Waals surface area contributed by atoms with E-state index >= 15 is 0 Å². The second-order valence-corrected chi connectivity index (χ2v) is 9.23. The number of oxazole rings is 1. The second-order valence-electron chi connectivity index (χ2n) is 8.83. The summed E-state index contributed by atoms with van der Waals surface area (Å²) in [5.41, 5.74) is 1.18. The van der Waals surface area contributed by atoms with Crippen LogP contribution in [0.3, 0.4) is 0 Å². The lowest BCUT2D eigenvalue weighted by Crippen LogP contribution is -2.27. The molecule has 0 unspecified atom stereocenters. The number of nitrogens with zero attached hydrogens (tertiary/aromatic N) is 3. The highest BCUT2D eigenvalue weighted by Crippen LogP contribution is 2.29. The lowest BCUT2D eigenvalue weighted by Gasteiger charge is -2.18. The molecule has 0 spiro atoms. The van der Waals surface area contributed by atoms with Crippen LogP contribution in [-0.4, -0.2) is 51.6 Å². The minimum atomic E-state index is -0.757. The van der Waals surface area contributed by atoms with Crippen molar-refractivity contribution in [1.82, 2.24) is 20.1 Å². The molecule has 3 rings (SSSR count). The van der Waals surface area contributed by atoms with Crippen molar-refractivity contribution in [2.75, 3.05) is 23.8 Å². The molecular weight excluding hydrogens is 504 g/mol. The van der Waals surface area contributed by atoms with E-state index in [0.717, 1.165) is 17.4 Å². The van der Waals surface area contributed by atoms with Gasteiger partial charge in [0.05, 0.1) is 23.5 Å². The summed E-state index contributed by atoms with van der Waals surface area (Å²) in [5, 5.41) is 12.2. The first-order valence-corrected chi connectivity index (χ1v) is 11.9. The highest BCUT2D eigenvalue weighted by molar-refractivity contribution is 6.34. The number of hydrogen-bond acceptors (Lipinski definition) is 8. The largest absolute Gasteiger partial charge is 0.449 e. The fourth-order valence-electron chi connectivity index (χ4n) is 3.04. The number of ether oxygens (including phenoxy) is 2. The minimum Gasteiger partial charge on any atom is -0.449 e. The van der Waals surface area contributed by atoms with Gasteiger partial charge >= 0.3 is 18.2 Å². The molecule has 3 aromatic rings. The molecule has 0 saturated heterocycles. The Hall–Kier alpha value is -4.06. The molecule has 3 N–H and O–H groups in total. The van der Waals surface area contributed by atoms with Crippen molar-refractivity contribution in [2.24, 2.45) is 0 Å². The van der Waals surface area contributed by atoms with Gasteiger partial charge in [-0.15, -0.1) is 0 Å². The first-order valence-electron chi connectivity index (χ1n) is 11.5. The third-order valence-corrected chi connectivity index (χ3v) is 4.94. The van der Waals surface area contributed by atoms with Crippen molar-refractivity contribution in [3.63, 3.8) is 0 Å². The van der Waals surface area contributed by atoms with Crippen molar-refractivity contribution < 1.29 is 28.3 Å². The van der Waals surface area contributed by atoms with Crippen molar-refractivity contribution in [3.05, 3.63) is 47.6 Å². The van der Waals surface area contributed by atoms with Gasteiger partial charge in [-0.1, -0.05) is 17.7 Å². The first kappa shape index (κ1) is 27.5. The number of aryl methyl sites for hydroxylation is 1. The average Bonchev–Trinajstić information content (AvgIpc) is 3.47. The predicted molar refractivity (Wildman–Crippen MR) is 137 cm³/mol. The number of benzene rings is 1. The molecule has 0 fully saturated rings. The van der Waals surface area contributed by atoms with Crippen LogP contribution in [0.2, 0.25) is 5.02 Å². The Labute approximate surface area is 218 Å². The third kappa shape index (κ3) is 8.53. The van der Waals surface area contributed by atoms with E-state index in [1.807, 2.05) is 13.1 Å².